The Hall–Kier alpha value is -0.0500. The number of aliphatic hydroxyl groups is 1. The van der Waals surface area contributed by atoms with Gasteiger partial charge in [-0.3, -0.25) is 9.69 Å². The molecule has 1 amide bonds. The van der Waals surface area contributed by atoms with Crippen LogP contribution in [0.15, 0.2) is 11.3 Å². The molecular formula is C8H9N2NaO4S. The molecule has 0 radical (unpaired) electrons. The second-order valence-corrected chi connectivity index (χ2v) is 4.44. The number of aliphatic carboxylic acids is 1. The normalized spacial score (nSPS) is 28.1. The summed E-state index contributed by atoms with van der Waals surface area (Å²) in [5.74, 6) is -1.51. The molecule has 2 rings (SSSR count). The van der Waals surface area contributed by atoms with E-state index in [-0.39, 0.29) is 47.2 Å². The fourth-order valence-electron chi connectivity index (χ4n) is 1.69. The SMILES string of the molecule is N[C@@H]1C(=O)N2C(C(=O)[O-])=C(CO)CS[C@@H]12.[Na+]. The van der Waals surface area contributed by atoms with E-state index in [4.69, 9.17) is 10.8 Å². The standard InChI is InChI=1S/C8H10N2O4S.Na/c9-4-6(12)10-5(8(13)14)3(1-11)2-15-7(4)10;/h4,7,11H,1-2,9H2,(H,13,14);/q;+1/p-1/t4-,7+;/m1./s1. The summed E-state index contributed by atoms with van der Waals surface area (Å²) in [6.07, 6.45) is 0. The first-order valence-electron chi connectivity index (χ1n) is 4.32. The fourth-order valence-corrected chi connectivity index (χ4v) is 2.97. The summed E-state index contributed by atoms with van der Waals surface area (Å²) in [4.78, 5) is 23.3. The molecule has 0 aliphatic carbocycles. The third kappa shape index (κ3) is 1.92. The molecule has 2 atom stereocenters. The summed E-state index contributed by atoms with van der Waals surface area (Å²) in [5.41, 5.74) is 5.60. The number of thioether (sulfide) groups is 1. The monoisotopic (exact) mass is 252 g/mol. The molecule has 0 bridgehead atoms. The van der Waals surface area contributed by atoms with Crippen molar-refractivity contribution in [1.82, 2.24) is 4.90 Å². The van der Waals surface area contributed by atoms with Crippen LogP contribution in [0.25, 0.3) is 0 Å². The van der Waals surface area contributed by atoms with E-state index in [0.717, 1.165) is 4.90 Å². The van der Waals surface area contributed by atoms with Crippen LogP contribution >= 0.6 is 11.8 Å². The van der Waals surface area contributed by atoms with Gasteiger partial charge in [-0.15, -0.1) is 11.8 Å². The smallest absolute Gasteiger partial charge is 0.543 e. The van der Waals surface area contributed by atoms with Crippen LogP contribution in [0.5, 0.6) is 0 Å². The second-order valence-electron chi connectivity index (χ2n) is 3.33. The van der Waals surface area contributed by atoms with Crippen molar-refractivity contribution in [2.75, 3.05) is 12.4 Å². The summed E-state index contributed by atoms with van der Waals surface area (Å²) >= 11 is 1.35. The molecule has 2 aliphatic rings. The van der Waals surface area contributed by atoms with Crippen LogP contribution in [0, 0.1) is 0 Å². The first-order valence-corrected chi connectivity index (χ1v) is 5.37. The molecule has 3 N–H and O–H groups in total. The van der Waals surface area contributed by atoms with Crippen molar-refractivity contribution in [2.45, 2.75) is 11.4 Å². The van der Waals surface area contributed by atoms with E-state index in [1.807, 2.05) is 0 Å². The summed E-state index contributed by atoms with van der Waals surface area (Å²) in [5, 5.41) is 19.5. The van der Waals surface area contributed by atoms with Gasteiger partial charge >= 0.3 is 29.6 Å². The molecule has 0 spiro atoms. The van der Waals surface area contributed by atoms with E-state index in [1.54, 1.807) is 0 Å². The van der Waals surface area contributed by atoms with Crippen molar-refractivity contribution in [3.05, 3.63) is 11.3 Å². The average Bonchev–Trinajstić information content (AvgIpc) is 2.25. The molecule has 0 saturated carbocycles. The molecule has 0 unspecified atom stereocenters. The Balaban J connectivity index is 0.00000128. The Morgan fingerprint density at radius 1 is 1.69 bits per heavy atom. The molecule has 0 aromatic rings. The zero-order chi connectivity index (χ0) is 11.2. The number of rotatable bonds is 2. The quantitative estimate of drug-likeness (QED) is 0.374. The minimum Gasteiger partial charge on any atom is -0.543 e. The fraction of sp³-hybridized carbons (Fsp3) is 0.500. The maximum atomic E-state index is 11.4. The topological polar surface area (TPSA) is 107 Å². The molecule has 82 valence electrons. The Morgan fingerprint density at radius 2 is 2.31 bits per heavy atom. The summed E-state index contributed by atoms with van der Waals surface area (Å²) < 4.78 is 0. The van der Waals surface area contributed by atoms with Gasteiger partial charge in [-0.25, -0.2) is 0 Å². The third-order valence-corrected chi connectivity index (χ3v) is 3.83. The number of nitrogens with two attached hydrogens (primary N) is 1. The Kier molecular flexibility index (Phi) is 4.44. The van der Waals surface area contributed by atoms with Gasteiger partial charge in [0.05, 0.1) is 18.3 Å². The number of carboxylic acid groups (broad SMARTS) is 1. The van der Waals surface area contributed by atoms with Gasteiger partial charge in [-0.1, -0.05) is 0 Å². The molecule has 2 heterocycles. The number of β-lactam (4-membered cyclic amide) rings is 1. The van der Waals surface area contributed by atoms with Gasteiger partial charge in [-0.2, -0.15) is 0 Å². The van der Waals surface area contributed by atoms with Gasteiger partial charge in [0.25, 0.3) is 0 Å². The van der Waals surface area contributed by atoms with Crippen LogP contribution < -0.4 is 40.4 Å². The molecule has 0 aromatic heterocycles. The van der Waals surface area contributed by atoms with Gasteiger partial charge in [0.2, 0.25) is 5.91 Å². The molecule has 2 aliphatic heterocycles. The van der Waals surface area contributed by atoms with Crippen molar-refractivity contribution in [3.8, 4) is 0 Å². The third-order valence-electron chi connectivity index (χ3n) is 2.47. The van der Waals surface area contributed by atoms with Crippen LogP contribution in [0.2, 0.25) is 0 Å². The molecule has 0 aromatic carbocycles. The predicted octanol–water partition coefficient (Wildman–Crippen LogP) is -5.77. The zero-order valence-corrected chi connectivity index (χ0v) is 11.5. The maximum absolute atomic E-state index is 11.4. The minimum absolute atomic E-state index is 0. The molecule has 6 nitrogen and oxygen atoms in total. The van der Waals surface area contributed by atoms with Crippen molar-refractivity contribution in [1.29, 1.82) is 0 Å². The van der Waals surface area contributed by atoms with E-state index in [1.165, 1.54) is 11.8 Å². The van der Waals surface area contributed by atoms with E-state index < -0.39 is 17.9 Å². The Labute approximate surface area is 118 Å². The van der Waals surface area contributed by atoms with Gasteiger partial charge in [0.1, 0.15) is 11.4 Å². The van der Waals surface area contributed by atoms with E-state index in [0.29, 0.717) is 11.3 Å². The van der Waals surface area contributed by atoms with E-state index in [9.17, 15) is 14.7 Å². The van der Waals surface area contributed by atoms with Crippen molar-refractivity contribution < 1.29 is 49.4 Å². The first kappa shape index (κ1) is 14.0. The van der Waals surface area contributed by atoms with Gasteiger partial charge < -0.3 is 20.7 Å². The van der Waals surface area contributed by atoms with Crippen molar-refractivity contribution in [2.24, 2.45) is 5.73 Å². The van der Waals surface area contributed by atoms with E-state index >= 15 is 0 Å². The van der Waals surface area contributed by atoms with Crippen LogP contribution in [0.1, 0.15) is 0 Å². The van der Waals surface area contributed by atoms with Crippen molar-refractivity contribution in [3.63, 3.8) is 0 Å². The average molecular weight is 252 g/mol. The number of carboxylic acids is 1. The maximum Gasteiger partial charge on any atom is 1.00 e. The number of nitrogens with zero attached hydrogens (tertiary/aromatic N) is 1. The summed E-state index contributed by atoms with van der Waals surface area (Å²) in [7, 11) is 0. The van der Waals surface area contributed by atoms with Crippen LogP contribution in [0.3, 0.4) is 0 Å². The number of carbonyl (C=O) groups is 2. The zero-order valence-electron chi connectivity index (χ0n) is 8.67. The Bertz CT molecular complexity index is 373. The number of fused-ring (bicyclic) bond motifs is 1. The van der Waals surface area contributed by atoms with Gasteiger partial charge in [0.15, 0.2) is 0 Å². The number of aliphatic hydroxyl groups excluding tert-OH is 1. The number of amides is 1. The minimum atomic E-state index is -1.44. The van der Waals surface area contributed by atoms with Gasteiger partial charge in [-0.05, 0) is 5.57 Å². The molecular weight excluding hydrogens is 243 g/mol. The number of carbonyl (C=O) groups excluding carboxylic acids is 2. The largest absolute Gasteiger partial charge is 1.00 e. The predicted molar refractivity (Wildman–Crippen MR) is 50.2 cm³/mol. The van der Waals surface area contributed by atoms with Crippen LogP contribution in [-0.2, 0) is 9.59 Å². The second kappa shape index (κ2) is 5.07. The summed E-state index contributed by atoms with van der Waals surface area (Å²) in [6, 6.07) is -0.649. The van der Waals surface area contributed by atoms with Crippen LogP contribution in [0.4, 0.5) is 0 Å². The molecule has 1 saturated heterocycles. The van der Waals surface area contributed by atoms with E-state index in [2.05, 4.69) is 0 Å². The Morgan fingerprint density at radius 3 is 2.81 bits per heavy atom. The number of hydrogen-bond acceptors (Lipinski definition) is 6. The first-order chi connectivity index (χ1) is 7.07. The summed E-state index contributed by atoms with van der Waals surface area (Å²) in [6.45, 7) is -0.387. The van der Waals surface area contributed by atoms with Crippen LogP contribution in [-0.4, -0.2) is 45.7 Å². The molecule has 1 fully saturated rings. The number of hydrogen-bond donors (Lipinski definition) is 2. The van der Waals surface area contributed by atoms with Crippen molar-refractivity contribution >= 4 is 23.6 Å². The molecule has 8 heteroatoms. The van der Waals surface area contributed by atoms with Gasteiger partial charge in [0, 0.05) is 5.75 Å². The molecule has 16 heavy (non-hydrogen) atoms.